The Kier molecular flexibility index (Phi) is 3.84. The second-order valence-electron chi connectivity index (χ2n) is 9.09. The van der Waals surface area contributed by atoms with Gasteiger partial charge in [-0.25, -0.2) is 0 Å². The lowest BCUT2D eigenvalue weighted by Gasteiger charge is -2.60. The molecule has 4 fully saturated rings. The Labute approximate surface area is 129 Å². The summed E-state index contributed by atoms with van der Waals surface area (Å²) in [5.41, 5.74) is 6.23. The highest BCUT2D eigenvalue weighted by Crippen LogP contribution is 2.65. The zero-order valence-electron chi connectivity index (χ0n) is 14.0. The third-order valence-corrected chi connectivity index (χ3v) is 6.21. The fourth-order valence-electron chi connectivity index (χ4n) is 6.11. The summed E-state index contributed by atoms with van der Waals surface area (Å²) in [5.74, 6) is 2.48. The van der Waals surface area contributed by atoms with Gasteiger partial charge in [0.05, 0.1) is 5.41 Å². The smallest absolute Gasteiger partial charge is 0.226 e. The van der Waals surface area contributed by atoms with Gasteiger partial charge < -0.3 is 11.1 Å². The van der Waals surface area contributed by atoms with Crippen molar-refractivity contribution in [3.05, 3.63) is 0 Å². The average Bonchev–Trinajstić information content (AvgIpc) is 2.34. The van der Waals surface area contributed by atoms with Gasteiger partial charge in [-0.05, 0) is 68.1 Å². The Morgan fingerprint density at radius 3 is 2.33 bits per heavy atom. The minimum Gasteiger partial charge on any atom is -0.352 e. The van der Waals surface area contributed by atoms with E-state index in [1.54, 1.807) is 0 Å². The van der Waals surface area contributed by atoms with Crippen molar-refractivity contribution < 1.29 is 4.79 Å². The van der Waals surface area contributed by atoms with Crippen molar-refractivity contribution >= 4 is 5.91 Å². The molecule has 3 heteroatoms. The molecule has 3 nitrogen and oxygen atoms in total. The van der Waals surface area contributed by atoms with E-state index in [2.05, 4.69) is 26.1 Å². The molecule has 3 unspecified atom stereocenters. The number of rotatable bonds is 5. The first-order chi connectivity index (χ1) is 9.84. The largest absolute Gasteiger partial charge is 0.352 e. The quantitative estimate of drug-likeness (QED) is 0.818. The normalized spacial score (nSPS) is 42.3. The van der Waals surface area contributed by atoms with Crippen LogP contribution in [0, 0.1) is 28.6 Å². The fraction of sp³-hybridized carbons (Fsp3) is 0.944. The van der Waals surface area contributed by atoms with Gasteiger partial charge in [0.25, 0.3) is 0 Å². The Morgan fingerprint density at radius 2 is 1.86 bits per heavy atom. The van der Waals surface area contributed by atoms with E-state index in [1.165, 1.54) is 19.3 Å². The molecule has 4 saturated carbocycles. The Morgan fingerprint density at radius 1 is 1.24 bits per heavy atom. The molecule has 21 heavy (non-hydrogen) atoms. The first kappa shape index (κ1) is 15.3. The molecule has 0 aliphatic heterocycles. The maximum atomic E-state index is 13.0. The van der Waals surface area contributed by atoms with E-state index in [1.807, 2.05) is 0 Å². The third-order valence-electron chi connectivity index (χ3n) is 6.21. The molecule has 0 saturated heterocycles. The van der Waals surface area contributed by atoms with Crippen LogP contribution in [0.1, 0.15) is 65.7 Å². The van der Waals surface area contributed by atoms with Gasteiger partial charge in [-0.1, -0.05) is 20.8 Å². The number of hydrogen-bond donors (Lipinski definition) is 2. The van der Waals surface area contributed by atoms with Crippen molar-refractivity contribution in [3.8, 4) is 0 Å². The molecule has 120 valence electrons. The number of carbonyl (C=O) groups excluding carboxylic acids is 1. The third kappa shape index (κ3) is 2.86. The molecule has 4 bridgehead atoms. The summed E-state index contributed by atoms with van der Waals surface area (Å²) in [4.78, 5) is 13.0. The van der Waals surface area contributed by atoms with Crippen LogP contribution in [0.15, 0.2) is 0 Å². The number of carbonyl (C=O) groups is 1. The fourth-order valence-corrected chi connectivity index (χ4v) is 6.11. The minimum atomic E-state index is -0.0662. The molecule has 0 radical (unpaired) electrons. The molecular weight excluding hydrogens is 260 g/mol. The van der Waals surface area contributed by atoms with Gasteiger partial charge in [0.2, 0.25) is 5.91 Å². The van der Waals surface area contributed by atoms with E-state index in [0.717, 1.165) is 37.5 Å². The van der Waals surface area contributed by atoms with Crippen molar-refractivity contribution in [2.75, 3.05) is 6.54 Å². The van der Waals surface area contributed by atoms with Gasteiger partial charge in [-0.2, -0.15) is 0 Å². The van der Waals surface area contributed by atoms with Crippen LogP contribution in [-0.4, -0.2) is 18.5 Å². The van der Waals surface area contributed by atoms with Crippen LogP contribution in [0.25, 0.3) is 0 Å². The molecule has 4 aliphatic rings. The van der Waals surface area contributed by atoms with Crippen LogP contribution in [0.4, 0.5) is 0 Å². The zero-order valence-corrected chi connectivity index (χ0v) is 14.0. The van der Waals surface area contributed by atoms with Crippen molar-refractivity contribution in [1.82, 2.24) is 5.32 Å². The summed E-state index contributed by atoms with van der Waals surface area (Å²) in [6, 6.07) is 0.151. The lowest BCUT2D eigenvalue weighted by atomic mass is 9.44. The standard InChI is InChI=1S/C18H32N2O/c1-12(2)4-15(10-19)20-16(21)18-8-13-5-14(9-18)7-17(3,6-13)11-18/h12-15H,4-11,19H2,1-3H3,(H,20,21). The second kappa shape index (κ2) is 5.26. The highest BCUT2D eigenvalue weighted by Gasteiger charge is 2.58. The van der Waals surface area contributed by atoms with E-state index < -0.39 is 0 Å². The van der Waals surface area contributed by atoms with E-state index in [4.69, 9.17) is 5.73 Å². The second-order valence-corrected chi connectivity index (χ2v) is 9.09. The lowest BCUT2D eigenvalue weighted by Crippen LogP contribution is -2.58. The maximum Gasteiger partial charge on any atom is 0.226 e. The van der Waals surface area contributed by atoms with Gasteiger partial charge >= 0.3 is 0 Å². The van der Waals surface area contributed by atoms with Crippen LogP contribution < -0.4 is 11.1 Å². The first-order valence-electron chi connectivity index (χ1n) is 8.85. The Bertz CT molecular complexity index is 403. The van der Waals surface area contributed by atoms with E-state index in [-0.39, 0.29) is 11.5 Å². The van der Waals surface area contributed by atoms with Crippen molar-refractivity contribution in [2.24, 2.45) is 34.3 Å². The summed E-state index contributed by atoms with van der Waals surface area (Å²) < 4.78 is 0. The van der Waals surface area contributed by atoms with Crippen LogP contribution in [-0.2, 0) is 4.79 Å². The zero-order chi connectivity index (χ0) is 15.3. The maximum absolute atomic E-state index is 13.0. The SMILES string of the molecule is CC(C)CC(CN)NC(=O)C12CC3CC(CC(C)(C3)C1)C2. The predicted molar refractivity (Wildman–Crippen MR) is 85.7 cm³/mol. The molecule has 0 heterocycles. The lowest BCUT2D eigenvalue weighted by molar-refractivity contribution is -0.156. The summed E-state index contributed by atoms with van der Waals surface area (Å²) in [7, 11) is 0. The van der Waals surface area contributed by atoms with Crippen molar-refractivity contribution in [2.45, 2.75) is 71.8 Å². The summed E-state index contributed by atoms with van der Waals surface area (Å²) in [5, 5.41) is 3.31. The number of nitrogens with two attached hydrogens (primary N) is 1. The molecule has 3 N–H and O–H groups in total. The van der Waals surface area contributed by atoms with Gasteiger partial charge in [-0.3, -0.25) is 4.79 Å². The highest BCUT2D eigenvalue weighted by atomic mass is 16.2. The molecule has 0 aromatic rings. The Balaban J connectivity index is 1.72. The topological polar surface area (TPSA) is 55.1 Å². The van der Waals surface area contributed by atoms with Crippen LogP contribution in [0.2, 0.25) is 0 Å². The molecule has 3 atom stereocenters. The number of nitrogens with one attached hydrogen (secondary N) is 1. The summed E-state index contributed by atoms with van der Waals surface area (Å²) >= 11 is 0. The number of hydrogen-bond acceptors (Lipinski definition) is 2. The summed E-state index contributed by atoms with van der Waals surface area (Å²) in [6.07, 6.45) is 8.43. The van der Waals surface area contributed by atoms with Crippen molar-refractivity contribution in [3.63, 3.8) is 0 Å². The first-order valence-corrected chi connectivity index (χ1v) is 8.85. The molecule has 4 rings (SSSR count). The van der Waals surface area contributed by atoms with Gasteiger partial charge in [0.1, 0.15) is 0 Å². The average molecular weight is 292 g/mol. The van der Waals surface area contributed by atoms with Crippen LogP contribution in [0.3, 0.4) is 0 Å². The van der Waals surface area contributed by atoms with Gasteiger partial charge in [-0.15, -0.1) is 0 Å². The van der Waals surface area contributed by atoms with Gasteiger partial charge in [0, 0.05) is 12.6 Å². The molecule has 0 aromatic heterocycles. The Hall–Kier alpha value is -0.570. The summed E-state index contributed by atoms with van der Waals surface area (Å²) in [6.45, 7) is 7.37. The predicted octanol–water partition coefficient (Wildman–Crippen LogP) is 3.08. The van der Waals surface area contributed by atoms with E-state index >= 15 is 0 Å². The molecule has 0 spiro atoms. The van der Waals surface area contributed by atoms with Crippen molar-refractivity contribution in [1.29, 1.82) is 0 Å². The minimum absolute atomic E-state index is 0.0662. The monoisotopic (exact) mass is 292 g/mol. The molecule has 4 aliphatic carbocycles. The van der Waals surface area contributed by atoms with E-state index in [0.29, 0.717) is 23.8 Å². The van der Waals surface area contributed by atoms with E-state index in [9.17, 15) is 4.79 Å². The molecule has 1 amide bonds. The number of amides is 1. The highest BCUT2D eigenvalue weighted by molar-refractivity contribution is 5.83. The van der Waals surface area contributed by atoms with Crippen LogP contribution >= 0.6 is 0 Å². The molecule has 0 aromatic carbocycles. The molecular formula is C18H32N2O. The van der Waals surface area contributed by atoms with Gasteiger partial charge in [0.15, 0.2) is 0 Å². The van der Waals surface area contributed by atoms with Crippen LogP contribution in [0.5, 0.6) is 0 Å².